The fourth-order valence-corrected chi connectivity index (χ4v) is 4.43. The van der Waals surface area contributed by atoms with Gasteiger partial charge >= 0.3 is 0 Å². The Morgan fingerprint density at radius 3 is 2.50 bits per heavy atom. The van der Waals surface area contributed by atoms with Gasteiger partial charge in [-0.05, 0) is 43.2 Å². The molecule has 0 spiro atoms. The van der Waals surface area contributed by atoms with Crippen LogP contribution in [-0.2, 0) is 4.79 Å². The van der Waals surface area contributed by atoms with E-state index >= 15 is 0 Å². The summed E-state index contributed by atoms with van der Waals surface area (Å²) in [7, 11) is 0. The predicted octanol–water partition coefficient (Wildman–Crippen LogP) is 6.54. The minimum atomic E-state index is -0.0312. The lowest BCUT2D eigenvalue weighted by Gasteiger charge is -2.25. The number of hydrogen-bond acceptors (Lipinski definition) is 4. The molecule has 6 heteroatoms. The van der Waals surface area contributed by atoms with Gasteiger partial charge < -0.3 is 10.2 Å². The van der Waals surface area contributed by atoms with E-state index in [9.17, 15) is 4.79 Å². The van der Waals surface area contributed by atoms with Gasteiger partial charge in [0.15, 0.2) is 5.82 Å². The number of carbonyl (C=O) groups is 1. The van der Waals surface area contributed by atoms with Crippen LogP contribution >= 0.6 is 15.9 Å². The van der Waals surface area contributed by atoms with Crippen molar-refractivity contribution in [3.8, 4) is 11.4 Å². The Bertz CT molecular complexity index is 1260. The van der Waals surface area contributed by atoms with Gasteiger partial charge in [-0.3, -0.25) is 4.79 Å². The number of carbonyl (C=O) groups excluding carboxylic acids is 1. The summed E-state index contributed by atoms with van der Waals surface area (Å²) in [4.78, 5) is 24.8. The van der Waals surface area contributed by atoms with Gasteiger partial charge in [0.05, 0.1) is 11.6 Å². The van der Waals surface area contributed by atoms with Gasteiger partial charge in [0.1, 0.15) is 5.82 Å². The molecule has 0 aliphatic rings. The first-order valence-corrected chi connectivity index (χ1v) is 12.5. The van der Waals surface area contributed by atoms with Crippen LogP contribution < -0.4 is 10.2 Å². The van der Waals surface area contributed by atoms with Gasteiger partial charge in [0.2, 0.25) is 5.91 Å². The molecular weight excluding hydrogens is 488 g/mol. The molecule has 0 radical (unpaired) electrons. The van der Waals surface area contributed by atoms with Gasteiger partial charge in [0.25, 0.3) is 0 Å². The SMILES string of the molecule is CCCN(CCC(=O)N[C@@H](C)c1ccccc1)c1nc(-c2cccc(Br)c2)nc2ccccc12. The molecule has 0 saturated heterocycles. The lowest BCUT2D eigenvalue weighted by Crippen LogP contribution is -2.33. The topological polar surface area (TPSA) is 58.1 Å². The highest BCUT2D eigenvalue weighted by Crippen LogP contribution is 2.29. The van der Waals surface area contributed by atoms with Crippen molar-refractivity contribution in [2.75, 3.05) is 18.0 Å². The van der Waals surface area contributed by atoms with Crippen LogP contribution in [0.3, 0.4) is 0 Å². The molecule has 4 rings (SSSR count). The average molecular weight is 517 g/mol. The fourth-order valence-electron chi connectivity index (χ4n) is 4.03. The van der Waals surface area contributed by atoms with Crippen molar-refractivity contribution in [1.29, 1.82) is 0 Å². The average Bonchev–Trinajstić information content (AvgIpc) is 2.86. The maximum absolute atomic E-state index is 12.8. The summed E-state index contributed by atoms with van der Waals surface area (Å²) in [5.74, 6) is 1.58. The summed E-state index contributed by atoms with van der Waals surface area (Å²) in [6.07, 6.45) is 1.34. The van der Waals surface area contributed by atoms with Crippen LogP contribution in [0.1, 0.15) is 38.3 Å². The minimum absolute atomic E-state index is 0.0306. The van der Waals surface area contributed by atoms with Crippen LogP contribution in [-0.4, -0.2) is 29.0 Å². The van der Waals surface area contributed by atoms with Crippen molar-refractivity contribution >= 4 is 38.6 Å². The molecule has 1 aromatic heterocycles. The Kier molecular flexibility index (Phi) is 7.91. The van der Waals surface area contributed by atoms with Crippen LogP contribution in [0, 0.1) is 0 Å². The number of nitrogens with one attached hydrogen (secondary N) is 1. The molecule has 0 bridgehead atoms. The van der Waals surface area contributed by atoms with Crippen molar-refractivity contribution in [1.82, 2.24) is 15.3 Å². The Labute approximate surface area is 209 Å². The third-order valence-corrected chi connectivity index (χ3v) is 6.24. The summed E-state index contributed by atoms with van der Waals surface area (Å²) in [5, 5.41) is 4.12. The summed E-state index contributed by atoms with van der Waals surface area (Å²) in [6, 6.07) is 26.1. The molecule has 4 aromatic rings. The summed E-state index contributed by atoms with van der Waals surface area (Å²) >= 11 is 3.55. The van der Waals surface area contributed by atoms with E-state index in [2.05, 4.69) is 39.1 Å². The Balaban J connectivity index is 1.58. The molecule has 0 aliphatic heterocycles. The van der Waals surface area contributed by atoms with Crippen LogP contribution in [0.2, 0.25) is 0 Å². The van der Waals surface area contributed by atoms with E-state index < -0.39 is 0 Å². The Morgan fingerprint density at radius 2 is 1.74 bits per heavy atom. The van der Waals surface area contributed by atoms with E-state index in [1.165, 1.54) is 0 Å². The largest absolute Gasteiger partial charge is 0.355 e. The summed E-state index contributed by atoms with van der Waals surface area (Å²) in [6.45, 7) is 5.54. The number of benzene rings is 3. The number of anilines is 1. The fraction of sp³-hybridized carbons (Fsp3) is 0.250. The van der Waals surface area contributed by atoms with E-state index in [1.54, 1.807) is 0 Å². The van der Waals surface area contributed by atoms with Gasteiger partial charge in [0, 0.05) is 34.9 Å². The van der Waals surface area contributed by atoms with Crippen LogP contribution in [0.5, 0.6) is 0 Å². The molecule has 34 heavy (non-hydrogen) atoms. The molecular formula is C28H29BrN4O. The van der Waals surface area contributed by atoms with E-state index in [4.69, 9.17) is 9.97 Å². The van der Waals surface area contributed by atoms with E-state index in [1.807, 2.05) is 79.7 Å². The first-order valence-electron chi connectivity index (χ1n) is 11.7. The first-order chi connectivity index (χ1) is 16.5. The van der Waals surface area contributed by atoms with Crippen LogP contribution in [0.15, 0.2) is 83.3 Å². The van der Waals surface area contributed by atoms with E-state index in [0.717, 1.165) is 45.3 Å². The number of fused-ring (bicyclic) bond motifs is 1. The van der Waals surface area contributed by atoms with Crippen molar-refractivity contribution in [2.45, 2.75) is 32.7 Å². The summed E-state index contributed by atoms with van der Waals surface area (Å²) in [5.41, 5.74) is 2.94. The third kappa shape index (κ3) is 5.81. The molecule has 1 N–H and O–H groups in total. The number of aromatic nitrogens is 2. The quantitative estimate of drug-likeness (QED) is 0.274. The maximum Gasteiger partial charge on any atom is 0.222 e. The van der Waals surface area contributed by atoms with Crippen LogP contribution in [0.25, 0.3) is 22.3 Å². The predicted molar refractivity (Wildman–Crippen MR) is 143 cm³/mol. The van der Waals surface area contributed by atoms with Crippen LogP contribution in [0.4, 0.5) is 5.82 Å². The van der Waals surface area contributed by atoms with Crippen molar-refractivity contribution in [3.63, 3.8) is 0 Å². The standard InChI is InChI=1S/C28H29BrN4O/c1-3-17-33(18-16-26(34)30-20(2)21-10-5-4-6-11-21)28-24-14-7-8-15-25(24)31-27(32-28)22-12-9-13-23(29)19-22/h4-15,19-20H,3,16-18H2,1-2H3,(H,30,34)/t20-/m0/s1. The highest BCUT2D eigenvalue weighted by atomic mass is 79.9. The molecule has 1 heterocycles. The summed E-state index contributed by atoms with van der Waals surface area (Å²) < 4.78 is 0.984. The smallest absolute Gasteiger partial charge is 0.222 e. The highest BCUT2D eigenvalue weighted by Gasteiger charge is 2.17. The molecule has 0 saturated carbocycles. The van der Waals surface area contributed by atoms with Gasteiger partial charge in [-0.2, -0.15) is 0 Å². The number of hydrogen-bond donors (Lipinski definition) is 1. The molecule has 0 unspecified atom stereocenters. The molecule has 174 valence electrons. The number of halogens is 1. The van der Waals surface area contributed by atoms with Gasteiger partial charge in [-0.1, -0.05) is 77.5 Å². The zero-order valence-corrected chi connectivity index (χ0v) is 21.1. The lowest BCUT2D eigenvalue weighted by atomic mass is 10.1. The first kappa shape index (κ1) is 23.9. The van der Waals surface area contributed by atoms with Crippen molar-refractivity contribution in [2.24, 2.45) is 0 Å². The highest BCUT2D eigenvalue weighted by molar-refractivity contribution is 9.10. The third-order valence-electron chi connectivity index (χ3n) is 5.74. The van der Waals surface area contributed by atoms with Gasteiger partial charge in [-0.15, -0.1) is 0 Å². The second-order valence-electron chi connectivity index (χ2n) is 8.34. The molecule has 0 fully saturated rings. The van der Waals surface area contributed by atoms with Crippen molar-refractivity contribution in [3.05, 3.63) is 88.9 Å². The molecule has 1 atom stereocenters. The zero-order valence-electron chi connectivity index (χ0n) is 19.5. The molecule has 0 aliphatic carbocycles. The molecule has 5 nitrogen and oxygen atoms in total. The monoisotopic (exact) mass is 516 g/mol. The number of nitrogens with zero attached hydrogens (tertiary/aromatic N) is 3. The Hall–Kier alpha value is -3.25. The van der Waals surface area contributed by atoms with Crippen molar-refractivity contribution < 1.29 is 4.79 Å². The molecule has 3 aromatic carbocycles. The molecule has 1 amide bonds. The second kappa shape index (κ2) is 11.3. The number of rotatable bonds is 9. The lowest BCUT2D eigenvalue weighted by molar-refractivity contribution is -0.121. The Morgan fingerprint density at radius 1 is 0.971 bits per heavy atom. The van der Waals surface area contributed by atoms with E-state index in [-0.39, 0.29) is 11.9 Å². The number of amides is 1. The zero-order chi connectivity index (χ0) is 23.9. The normalized spacial score (nSPS) is 11.9. The van der Waals surface area contributed by atoms with E-state index in [0.29, 0.717) is 18.8 Å². The number of para-hydroxylation sites is 1. The van der Waals surface area contributed by atoms with Gasteiger partial charge in [-0.25, -0.2) is 9.97 Å². The minimum Gasteiger partial charge on any atom is -0.355 e. The second-order valence-corrected chi connectivity index (χ2v) is 9.25. The maximum atomic E-state index is 12.8.